The highest BCUT2D eigenvalue weighted by Crippen LogP contribution is 2.20. The van der Waals surface area contributed by atoms with Crippen molar-refractivity contribution < 1.29 is 0 Å². The Hall–Kier alpha value is -1.98. The zero-order valence-electron chi connectivity index (χ0n) is 12.0. The molecule has 0 atom stereocenters. The third kappa shape index (κ3) is 3.10. The van der Waals surface area contributed by atoms with Crippen LogP contribution in [0.1, 0.15) is 5.56 Å². The third-order valence-corrected chi connectivity index (χ3v) is 4.79. The van der Waals surface area contributed by atoms with E-state index in [9.17, 15) is 0 Å². The Morgan fingerprint density at radius 3 is 2.50 bits per heavy atom. The Bertz CT molecular complexity index is 863. The van der Waals surface area contributed by atoms with Crippen molar-refractivity contribution in [2.75, 3.05) is 7.05 Å². The van der Waals surface area contributed by atoms with Gasteiger partial charge < -0.3 is 0 Å². The number of halogens is 1. The summed E-state index contributed by atoms with van der Waals surface area (Å²) in [5, 5.41) is 6.70. The number of hydrogen-bond acceptors (Lipinski definition) is 3. The monoisotopic (exact) mass is 371 g/mol. The summed E-state index contributed by atoms with van der Waals surface area (Å²) >= 11 is 5.12. The summed E-state index contributed by atoms with van der Waals surface area (Å²) < 4.78 is 2.89. The van der Waals surface area contributed by atoms with E-state index in [1.807, 2.05) is 53.4 Å². The van der Waals surface area contributed by atoms with Gasteiger partial charge in [-0.3, -0.25) is 4.99 Å². The number of rotatable bonds is 3. The van der Waals surface area contributed by atoms with Gasteiger partial charge in [0.05, 0.1) is 11.9 Å². The first-order chi connectivity index (χ1) is 10.8. The van der Waals surface area contributed by atoms with Crippen LogP contribution >= 0.6 is 27.3 Å². The molecule has 3 rings (SSSR count). The Kier molecular flexibility index (Phi) is 4.65. The van der Waals surface area contributed by atoms with Gasteiger partial charge in [-0.25, -0.2) is 4.68 Å². The summed E-state index contributed by atoms with van der Waals surface area (Å²) in [6, 6.07) is 18.2. The fraction of sp³-hybridized carbons (Fsp3) is 0.0588. The van der Waals surface area contributed by atoms with Gasteiger partial charge >= 0.3 is 0 Å². The summed E-state index contributed by atoms with van der Waals surface area (Å²) in [5.74, 6) is 0. The minimum absolute atomic E-state index is 0.863. The molecule has 0 N–H and O–H groups in total. The molecule has 0 aliphatic carbocycles. The van der Waals surface area contributed by atoms with Crippen LogP contribution < -0.4 is 4.80 Å². The quantitative estimate of drug-likeness (QED) is 0.611. The molecule has 1 aromatic heterocycles. The third-order valence-electron chi connectivity index (χ3n) is 3.16. The van der Waals surface area contributed by atoms with Crippen LogP contribution in [0.15, 0.2) is 74.5 Å². The fourth-order valence-corrected chi connectivity index (χ4v) is 3.26. The van der Waals surface area contributed by atoms with Gasteiger partial charge in [0.25, 0.3) is 0 Å². The van der Waals surface area contributed by atoms with Crippen molar-refractivity contribution in [1.29, 1.82) is 0 Å². The van der Waals surface area contributed by atoms with Crippen LogP contribution in [0.4, 0.5) is 0 Å². The minimum atomic E-state index is 0.863. The SMILES string of the molecule is CN=c1scc(-c2ccccc2)n1/N=C\c1ccccc1Br. The number of benzene rings is 2. The first-order valence-corrected chi connectivity index (χ1v) is 8.44. The molecule has 0 saturated heterocycles. The van der Waals surface area contributed by atoms with E-state index in [1.54, 1.807) is 18.4 Å². The number of hydrogen-bond donors (Lipinski definition) is 0. The van der Waals surface area contributed by atoms with E-state index in [4.69, 9.17) is 0 Å². The molecule has 0 aliphatic heterocycles. The van der Waals surface area contributed by atoms with Gasteiger partial charge in [0, 0.05) is 28.0 Å². The molecule has 2 aromatic carbocycles. The largest absolute Gasteiger partial charge is 0.261 e. The first kappa shape index (κ1) is 14.9. The highest BCUT2D eigenvalue weighted by molar-refractivity contribution is 9.10. The van der Waals surface area contributed by atoms with Crippen molar-refractivity contribution in [2.45, 2.75) is 0 Å². The predicted octanol–water partition coefficient (Wildman–Crippen LogP) is 4.39. The lowest BCUT2D eigenvalue weighted by Crippen LogP contribution is -2.11. The summed E-state index contributed by atoms with van der Waals surface area (Å²) in [4.78, 5) is 5.17. The Balaban J connectivity index is 2.07. The molecule has 5 heteroatoms. The van der Waals surface area contributed by atoms with Crippen molar-refractivity contribution in [2.24, 2.45) is 10.1 Å². The van der Waals surface area contributed by atoms with Gasteiger partial charge in [-0.05, 0) is 6.07 Å². The van der Waals surface area contributed by atoms with Gasteiger partial charge in [0.15, 0.2) is 0 Å². The summed E-state index contributed by atoms with van der Waals surface area (Å²) in [6.07, 6.45) is 1.85. The van der Waals surface area contributed by atoms with Crippen LogP contribution in [0.5, 0.6) is 0 Å². The van der Waals surface area contributed by atoms with Crippen LogP contribution in [0, 0.1) is 0 Å². The topological polar surface area (TPSA) is 29.6 Å². The first-order valence-electron chi connectivity index (χ1n) is 6.77. The summed E-state index contributed by atoms with van der Waals surface area (Å²) in [5.41, 5.74) is 3.19. The number of thiazole rings is 1. The summed E-state index contributed by atoms with van der Waals surface area (Å²) in [6.45, 7) is 0. The molecule has 110 valence electrons. The van der Waals surface area contributed by atoms with Crippen molar-refractivity contribution >= 4 is 33.5 Å². The summed E-state index contributed by atoms with van der Waals surface area (Å²) in [7, 11) is 1.78. The lowest BCUT2D eigenvalue weighted by atomic mass is 10.2. The maximum Gasteiger partial charge on any atom is 0.205 e. The minimum Gasteiger partial charge on any atom is -0.261 e. The van der Waals surface area contributed by atoms with Crippen LogP contribution in [-0.4, -0.2) is 17.9 Å². The van der Waals surface area contributed by atoms with E-state index in [0.717, 1.165) is 26.1 Å². The molecule has 0 amide bonds. The molecule has 3 nitrogen and oxygen atoms in total. The molecule has 22 heavy (non-hydrogen) atoms. The maximum atomic E-state index is 4.62. The van der Waals surface area contributed by atoms with Crippen LogP contribution in [0.3, 0.4) is 0 Å². The average molecular weight is 372 g/mol. The van der Waals surface area contributed by atoms with Gasteiger partial charge in [-0.15, -0.1) is 11.3 Å². The second kappa shape index (κ2) is 6.85. The van der Waals surface area contributed by atoms with Crippen molar-refractivity contribution in [3.8, 4) is 11.3 Å². The molecular weight excluding hydrogens is 358 g/mol. The maximum absolute atomic E-state index is 4.62. The van der Waals surface area contributed by atoms with Crippen LogP contribution in [0.2, 0.25) is 0 Å². The lowest BCUT2D eigenvalue weighted by molar-refractivity contribution is 0.848. The highest BCUT2D eigenvalue weighted by Gasteiger charge is 2.06. The van der Waals surface area contributed by atoms with Gasteiger partial charge in [0.1, 0.15) is 0 Å². The normalized spacial score (nSPS) is 12.2. The van der Waals surface area contributed by atoms with E-state index < -0.39 is 0 Å². The molecule has 0 fully saturated rings. The second-order valence-corrected chi connectivity index (χ2v) is 6.26. The van der Waals surface area contributed by atoms with E-state index in [-0.39, 0.29) is 0 Å². The molecular formula is C17H14BrN3S. The van der Waals surface area contributed by atoms with Gasteiger partial charge in [-0.2, -0.15) is 5.10 Å². The Labute approximate surface area is 141 Å². The van der Waals surface area contributed by atoms with E-state index >= 15 is 0 Å². The lowest BCUT2D eigenvalue weighted by Gasteiger charge is -2.03. The Morgan fingerprint density at radius 1 is 1.05 bits per heavy atom. The molecule has 0 bridgehead atoms. The molecule has 0 aliphatic rings. The smallest absolute Gasteiger partial charge is 0.205 e. The average Bonchev–Trinajstić information content (AvgIpc) is 2.98. The van der Waals surface area contributed by atoms with Crippen molar-refractivity contribution in [3.05, 3.63) is 74.8 Å². The highest BCUT2D eigenvalue weighted by atomic mass is 79.9. The zero-order chi connectivity index (χ0) is 15.4. The zero-order valence-corrected chi connectivity index (χ0v) is 14.4. The standard InChI is InChI=1S/C17H14BrN3S/c1-19-17-21(20-11-14-9-5-6-10-15(14)18)16(12-22-17)13-7-3-2-4-8-13/h2-12H,1H3/b19-17?,20-11-. The number of nitrogens with zero attached hydrogens (tertiary/aromatic N) is 3. The van der Waals surface area contributed by atoms with Gasteiger partial charge in [0.2, 0.25) is 4.80 Å². The van der Waals surface area contributed by atoms with Gasteiger partial charge in [-0.1, -0.05) is 64.5 Å². The molecule has 0 spiro atoms. The van der Waals surface area contributed by atoms with Crippen molar-refractivity contribution in [3.63, 3.8) is 0 Å². The van der Waals surface area contributed by atoms with E-state index in [0.29, 0.717) is 0 Å². The van der Waals surface area contributed by atoms with E-state index in [2.05, 4.69) is 43.5 Å². The molecule has 0 unspecified atom stereocenters. The number of aromatic nitrogens is 1. The molecule has 1 heterocycles. The fourth-order valence-electron chi connectivity index (χ4n) is 2.07. The van der Waals surface area contributed by atoms with Crippen LogP contribution in [-0.2, 0) is 0 Å². The van der Waals surface area contributed by atoms with Crippen molar-refractivity contribution in [1.82, 2.24) is 4.68 Å². The molecule has 3 aromatic rings. The van der Waals surface area contributed by atoms with E-state index in [1.165, 1.54) is 0 Å². The van der Waals surface area contributed by atoms with Crippen LogP contribution in [0.25, 0.3) is 11.3 Å². The Morgan fingerprint density at radius 2 is 1.77 bits per heavy atom. The predicted molar refractivity (Wildman–Crippen MR) is 96.4 cm³/mol. The second-order valence-electron chi connectivity index (χ2n) is 4.57. The molecule has 0 saturated carbocycles. The molecule has 0 radical (unpaired) electrons.